The van der Waals surface area contributed by atoms with Gasteiger partial charge in [0, 0.05) is 10.4 Å². The summed E-state index contributed by atoms with van der Waals surface area (Å²) in [6, 6.07) is 7.81. The van der Waals surface area contributed by atoms with E-state index in [1.165, 1.54) is 25.3 Å². The summed E-state index contributed by atoms with van der Waals surface area (Å²) in [7, 11) is -2.33. The smallest absolute Gasteiger partial charge is 0.266 e. The van der Waals surface area contributed by atoms with Gasteiger partial charge in [0.05, 0.1) is 13.7 Å². The molecule has 0 bridgehead atoms. The standard InChI is InChI=1S/C16H20N2O5S2/c1-4-9-23-13-7-6-12(10-14(13)22-3)16(19)17-18-25(20,21)15-8-5-11(2)24-15/h5-8,10,18H,4,9H2,1-3H3,(H,17,19). The van der Waals surface area contributed by atoms with Gasteiger partial charge in [-0.1, -0.05) is 6.92 Å². The van der Waals surface area contributed by atoms with Gasteiger partial charge in [-0.15, -0.1) is 16.2 Å². The summed E-state index contributed by atoms with van der Waals surface area (Å²) in [5, 5.41) is 0. The lowest BCUT2D eigenvalue weighted by Gasteiger charge is -2.12. The second kappa shape index (κ2) is 8.32. The predicted molar refractivity (Wildman–Crippen MR) is 95.6 cm³/mol. The van der Waals surface area contributed by atoms with E-state index in [0.29, 0.717) is 18.1 Å². The van der Waals surface area contributed by atoms with Gasteiger partial charge in [0.1, 0.15) is 4.21 Å². The number of aryl methyl sites for hydroxylation is 1. The minimum atomic E-state index is -3.80. The third-order valence-electron chi connectivity index (χ3n) is 3.17. The highest BCUT2D eigenvalue weighted by Gasteiger charge is 2.18. The number of methoxy groups -OCH3 is 1. The molecule has 0 unspecified atom stereocenters. The minimum absolute atomic E-state index is 0.131. The molecule has 0 aliphatic heterocycles. The number of thiophene rings is 1. The van der Waals surface area contributed by atoms with Crippen molar-refractivity contribution in [2.75, 3.05) is 13.7 Å². The zero-order valence-corrected chi connectivity index (χ0v) is 15.8. The fourth-order valence-electron chi connectivity index (χ4n) is 1.93. The van der Waals surface area contributed by atoms with Gasteiger partial charge < -0.3 is 9.47 Å². The topological polar surface area (TPSA) is 93.7 Å². The van der Waals surface area contributed by atoms with E-state index in [0.717, 1.165) is 22.6 Å². The van der Waals surface area contributed by atoms with Gasteiger partial charge in [-0.25, -0.2) is 8.42 Å². The number of hydrogen-bond donors (Lipinski definition) is 2. The number of amides is 1. The number of nitrogens with one attached hydrogen (secondary N) is 2. The van der Waals surface area contributed by atoms with E-state index in [1.807, 2.05) is 6.92 Å². The Morgan fingerprint density at radius 2 is 1.96 bits per heavy atom. The lowest BCUT2D eigenvalue weighted by atomic mass is 10.2. The van der Waals surface area contributed by atoms with Crippen molar-refractivity contribution in [3.8, 4) is 11.5 Å². The predicted octanol–water partition coefficient (Wildman–Crippen LogP) is 2.48. The number of carbonyl (C=O) groups excluding carboxylic acids is 1. The number of rotatable bonds is 8. The summed E-state index contributed by atoms with van der Waals surface area (Å²) in [6.07, 6.45) is 0.843. The van der Waals surface area contributed by atoms with Crippen LogP contribution in [0.25, 0.3) is 0 Å². The molecule has 136 valence electrons. The molecule has 0 fully saturated rings. The Kier molecular flexibility index (Phi) is 6.40. The van der Waals surface area contributed by atoms with Crippen LogP contribution in [-0.4, -0.2) is 28.0 Å². The van der Waals surface area contributed by atoms with E-state index in [1.54, 1.807) is 19.1 Å². The van der Waals surface area contributed by atoms with Crippen LogP contribution in [0.15, 0.2) is 34.5 Å². The van der Waals surface area contributed by atoms with Crippen LogP contribution in [0.4, 0.5) is 0 Å². The quantitative estimate of drug-likeness (QED) is 0.682. The van der Waals surface area contributed by atoms with Gasteiger partial charge in [-0.3, -0.25) is 10.2 Å². The molecule has 0 radical (unpaired) electrons. The average molecular weight is 384 g/mol. The van der Waals surface area contributed by atoms with Gasteiger partial charge in [0.15, 0.2) is 11.5 Å². The molecule has 0 atom stereocenters. The van der Waals surface area contributed by atoms with E-state index >= 15 is 0 Å². The average Bonchev–Trinajstić information content (AvgIpc) is 3.05. The van der Waals surface area contributed by atoms with Crippen LogP contribution < -0.4 is 19.7 Å². The molecule has 1 aromatic heterocycles. The summed E-state index contributed by atoms with van der Waals surface area (Å²) in [4.78, 5) is 15.1. The van der Waals surface area contributed by atoms with Crippen LogP contribution in [0.2, 0.25) is 0 Å². The Labute approximate surface area is 151 Å². The molecule has 7 nitrogen and oxygen atoms in total. The SMILES string of the molecule is CCCOc1ccc(C(=O)NNS(=O)(=O)c2ccc(C)s2)cc1OC. The van der Waals surface area contributed by atoms with Crippen molar-refractivity contribution in [3.05, 3.63) is 40.8 Å². The second-order valence-corrected chi connectivity index (χ2v) is 8.34. The molecule has 0 aliphatic carbocycles. The molecule has 1 heterocycles. The molecule has 2 aromatic rings. The first-order chi connectivity index (χ1) is 11.9. The van der Waals surface area contributed by atoms with Crippen LogP contribution in [-0.2, 0) is 10.0 Å². The Bertz CT molecular complexity index is 846. The van der Waals surface area contributed by atoms with Crippen molar-refractivity contribution >= 4 is 27.3 Å². The van der Waals surface area contributed by atoms with Crippen molar-refractivity contribution in [1.82, 2.24) is 10.3 Å². The van der Waals surface area contributed by atoms with Gasteiger partial charge in [-0.05, 0) is 43.7 Å². The molecule has 1 amide bonds. The fourth-order valence-corrected chi connectivity index (χ4v) is 4.06. The minimum Gasteiger partial charge on any atom is -0.493 e. The van der Waals surface area contributed by atoms with Crippen molar-refractivity contribution in [3.63, 3.8) is 0 Å². The summed E-state index contributed by atoms with van der Waals surface area (Å²) in [5.74, 6) is 0.325. The van der Waals surface area contributed by atoms with Crippen LogP contribution in [0, 0.1) is 6.92 Å². The van der Waals surface area contributed by atoms with Crippen molar-refractivity contribution in [1.29, 1.82) is 0 Å². The molecule has 2 rings (SSSR count). The first-order valence-corrected chi connectivity index (χ1v) is 9.86. The molecule has 2 N–H and O–H groups in total. The fraction of sp³-hybridized carbons (Fsp3) is 0.312. The molecule has 1 aromatic carbocycles. The first-order valence-electron chi connectivity index (χ1n) is 7.56. The van der Waals surface area contributed by atoms with Crippen molar-refractivity contribution in [2.24, 2.45) is 0 Å². The number of hydrazine groups is 1. The van der Waals surface area contributed by atoms with Gasteiger partial charge >= 0.3 is 0 Å². The van der Waals surface area contributed by atoms with E-state index in [2.05, 4.69) is 10.3 Å². The maximum Gasteiger partial charge on any atom is 0.266 e. The first kappa shape index (κ1) is 19.2. The largest absolute Gasteiger partial charge is 0.493 e. The van der Waals surface area contributed by atoms with Crippen LogP contribution >= 0.6 is 11.3 Å². The van der Waals surface area contributed by atoms with E-state index in [-0.39, 0.29) is 9.77 Å². The Morgan fingerprint density at radius 1 is 1.20 bits per heavy atom. The highest BCUT2D eigenvalue weighted by Crippen LogP contribution is 2.28. The third kappa shape index (κ3) is 4.94. The van der Waals surface area contributed by atoms with E-state index in [9.17, 15) is 13.2 Å². The van der Waals surface area contributed by atoms with Crippen LogP contribution in [0.3, 0.4) is 0 Å². The normalized spacial score (nSPS) is 11.2. The second-order valence-electron chi connectivity index (χ2n) is 5.14. The van der Waals surface area contributed by atoms with Crippen LogP contribution in [0.1, 0.15) is 28.6 Å². The van der Waals surface area contributed by atoms with Crippen molar-refractivity contribution < 1.29 is 22.7 Å². The maximum atomic E-state index is 12.2. The van der Waals surface area contributed by atoms with Gasteiger partial charge in [0.25, 0.3) is 15.9 Å². The molecular formula is C16H20N2O5S2. The van der Waals surface area contributed by atoms with Crippen LogP contribution in [0.5, 0.6) is 11.5 Å². The Hall–Kier alpha value is -2.10. The number of sulfonamides is 1. The summed E-state index contributed by atoms with van der Waals surface area (Å²) in [6.45, 7) is 4.31. The monoisotopic (exact) mass is 384 g/mol. The zero-order valence-electron chi connectivity index (χ0n) is 14.2. The molecule has 25 heavy (non-hydrogen) atoms. The van der Waals surface area contributed by atoms with E-state index < -0.39 is 15.9 Å². The third-order valence-corrected chi connectivity index (χ3v) is 5.91. The molecule has 9 heteroatoms. The Morgan fingerprint density at radius 3 is 2.56 bits per heavy atom. The highest BCUT2D eigenvalue weighted by molar-refractivity contribution is 7.91. The maximum absolute atomic E-state index is 12.2. The highest BCUT2D eigenvalue weighted by atomic mass is 32.2. The molecular weight excluding hydrogens is 364 g/mol. The summed E-state index contributed by atoms with van der Waals surface area (Å²) < 4.78 is 35.1. The molecule has 0 aliphatic rings. The zero-order chi connectivity index (χ0) is 18.4. The number of carbonyl (C=O) groups is 1. The molecule has 0 spiro atoms. The van der Waals surface area contributed by atoms with Crippen molar-refractivity contribution in [2.45, 2.75) is 24.5 Å². The lowest BCUT2D eigenvalue weighted by molar-refractivity contribution is 0.0944. The summed E-state index contributed by atoms with van der Waals surface area (Å²) >= 11 is 1.12. The van der Waals surface area contributed by atoms with Gasteiger partial charge in [0.2, 0.25) is 0 Å². The lowest BCUT2D eigenvalue weighted by Crippen LogP contribution is -2.41. The number of hydrogen-bond acceptors (Lipinski definition) is 6. The number of benzene rings is 1. The molecule has 0 saturated carbocycles. The Balaban J connectivity index is 2.08. The van der Waals surface area contributed by atoms with Gasteiger partial charge in [-0.2, -0.15) is 0 Å². The summed E-state index contributed by atoms with van der Waals surface area (Å²) in [5.41, 5.74) is 2.44. The van der Waals surface area contributed by atoms with E-state index in [4.69, 9.17) is 9.47 Å². The molecule has 0 saturated heterocycles. The number of ether oxygens (including phenoxy) is 2.